The highest BCUT2D eigenvalue weighted by Gasteiger charge is 1.76. The van der Waals surface area contributed by atoms with Gasteiger partial charge in [-0.3, -0.25) is 0 Å². The van der Waals surface area contributed by atoms with Crippen molar-refractivity contribution in [3.8, 4) is 0 Å². The summed E-state index contributed by atoms with van der Waals surface area (Å²) >= 11 is 5.41. The third-order valence-corrected chi connectivity index (χ3v) is 0.118. The second kappa shape index (κ2) is 10.2. The standard InChI is InChI=1S/C3H6O.C2H7ClSi/c1-2-3-4;1-4(2)3/h2,4H,1,3H2;4H,1-2H3/i4T;. The number of hydrogen-bond acceptors (Lipinski definition) is 1. The molecule has 0 radical (unpaired) electrons. The minimum absolute atomic E-state index is 0.319. The number of aliphatic hydroxyl groups excluding tert-OH is 1. The van der Waals surface area contributed by atoms with Gasteiger partial charge >= 0.3 is 0 Å². The Kier molecular flexibility index (Phi) is 10.5. The van der Waals surface area contributed by atoms with Crippen LogP contribution < -0.4 is 0 Å². The van der Waals surface area contributed by atoms with Crippen LogP contribution in [0, 0.1) is 0 Å². The molecule has 0 aliphatic rings. The molecule has 0 aliphatic heterocycles. The molecule has 0 unspecified atom stereocenters. The fourth-order valence-corrected chi connectivity index (χ4v) is 0. The largest absolute Gasteiger partial charge is 0.392 e. The van der Waals surface area contributed by atoms with Crippen molar-refractivity contribution in [3.05, 3.63) is 12.7 Å². The van der Waals surface area contributed by atoms with Crippen molar-refractivity contribution in [2.45, 2.75) is 13.1 Å². The van der Waals surface area contributed by atoms with Crippen LogP contribution in [0.15, 0.2) is 12.7 Å². The summed E-state index contributed by atoms with van der Waals surface area (Å²) in [4.78, 5) is 0. The average Bonchev–Trinajstić information content (AvgIpc) is 1.66. The van der Waals surface area contributed by atoms with Gasteiger partial charge in [-0.1, -0.05) is 19.2 Å². The second-order valence-electron chi connectivity index (χ2n) is 1.47. The van der Waals surface area contributed by atoms with E-state index in [1.807, 2.05) is 0 Å². The van der Waals surface area contributed by atoms with E-state index in [4.69, 9.17) is 12.5 Å². The van der Waals surface area contributed by atoms with Gasteiger partial charge < -0.3 is 5.11 Å². The van der Waals surface area contributed by atoms with Crippen molar-refractivity contribution in [2.24, 2.45) is 0 Å². The minimum atomic E-state index is -0.667. The average molecular weight is 155 g/mol. The zero-order valence-electron chi connectivity index (χ0n) is 6.36. The maximum atomic E-state index is 6.03. The van der Waals surface area contributed by atoms with Gasteiger partial charge in [0.15, 0.2) is 0 Å². The molecule has 0 bridgehead atoms. The van der Waals surface area contributed by atoms with E-state index in [1.165, 1.54) is 6.08 Å². The molecule has 0 fully saturated rings. The SMILES string of the molecule is C[SiH](C)Cl.[3H]OCC=C. The zero-order valence-corrected chi connectivity index (χ0v) is 7.27. The van der Waals surface area contributed by atoms with Crippen LogP contribution in [-0.4, -0.2) is 21.3 Å². The lowest BCUT2D eigenvalue weighted by molar-refractivity contribution is 0.343. The van der Waals surface area contributed by atoms with Crippen LogP contribution in [0.4, 0.5) is 0 Å². The van der Waals surface area contributed by atoms with Gasteiger partial charge in [0.05, 0.1) is 6.61 Å². The first-order valence-corrected chi connectivity index (χ1v) is 6.53. The Balaban J connectivity index is 0. The molecule has 50 valence electrons. The highest BCUT2D eigenvalue weighted by molar-refractivity contribution is 7.05. The van der Waals surface area contributed by atoms with E-state index < -0.39 is 8.11 Å². The van der Waals surface area contributed by atoms with Crippen LogP contribution in [0.25, 0.3) is 0 Å². The Morgan fingerprint density at radius 1 is 2.00 bits per heavy atom. The van der Waals surface area contributed by atoms with Crippen LogP contribution in [-0.2, 0) is 0 Å². The minimum Gasteiger partial charge on any atom is -0.392 e. The van der Waals surface area contributed by atoms with Gasteiger partial charge in [0.1, 0.15) is 8.11 Å². The maximum Gasteiger partial charge on any atom is 0.210 e. The predicted molar refractivity (Wildman–Crippen MR) is 42.0 cm³/mol. The summed E-state index contributed by atoms with van der Waals surface area (Å²) < 4.78 is 6.03. The lowest BCUT2D eigenvalue weighted by atomic mass is 10.7. The van der Waals surface area contributed by atoms with Crippen LogP contribution in [0.5, 0.6) is 0 Å². The van der Waals surface area contributed by atoms with E-state index in [1.54, 1.807) is 0 Å². The van der Waals surface area contributed by atoms with E-state index in [0.29, 0.717) is 6.61 Å². The van der Waals surface area contributed by atoms with Crippen molar-refractivity contribution in [3.63, 3.8) is 0 Å². The summed E-state index contributed by atoms with van der Waals surface area (Å²) in [5.41, 5.74) is 0. The van der Waals surface area contributed by atoms with Crippen molar-refractivity contribution < 1.29 is 5.11 Å². The van der Waals surface area contributed by atoms with Crippen LogP contribution in [0.2, 0.25) is 13.1 Å². The summed E-state index contributed by atoms with van der Waals surface area (Å²) in [6.07, 6.45) is 1.52. The fourth-order valence-electron chi connectivity index (χ4n) is 0. The van der Waals surface area contributed by atoms with Gasteiger partial charge in [-0.05, 0) is 0 Å². The highest BCUT2D eigenvalue weighted by atomic mass is 35.6. The first-order valence-electron chi connectivity index (χ1n) is 2.89. The Morgan fingerprint density at radius 3 is 2.38 bits per heavy atom. The molecule has 0 saturated carbocycles. The second-order valence-corrected chi connectivity index (χ2v) is 6.12. The summed E-state index contributed by atoms with van der Waals surface area (Å²) in [7, 11) is -0.667. The Bertz CT molecular complexity index is 58.2. The Morgan fingerprint density at radius 2 is 2.38 bits per heavy atom. The van der Waals surface area contributed by atoms with Crippen molar-refractivity contribution in [2.75, 3.05) is 6.61 Å². The summed E-state index contributed by atoms with van der Waals surface area (Å²) in [5.74, 6) is 0. The molecule has 0 atom stereocenters. The molecule has 0 spiro atoms. The first kappa shape index (κ1) is 8.21. The molecule has 8 heavy (non-hydrogen) atoms. The molecular formula is C5H13ClOSi. The van der Waals surface area contributed by atoms with Crippen molar-refractivity contribution in [1.82, 2.24) is 0 Å². The Labute approximate surface area is 58.8 Å². The van der Waals surface area contributed by atoms with Gasteiger partial charge in [0.25, 0.3) is 0 Å². The normalized spacial score (nSPS) is 9.25. The molecule has 0 aromatic carbocycles. The van der Waals surface area contributed by atoms with Crippen LogP contribution in [0.3, 0.4) is 0 Å². The fraction of sp³-hybridized carbons (Fsp3) is 0.600. The Hall–Kier alpha value is 0.207. The number of hydrogen-bond donors (Lipinski definition) is 1. The zero-order chi connectivity index (χ0) is 7.70. The predicted octanol–water partition coefficient (Wildman–Crippen LogP) is 1.37. The summed E-state index contributed by atoms with van der Waals surface area (Å²) in [5, 5.41) is 3.82. The third-order valence-electron chi connectivity index (χ3n) is 0.118. The molecule has 0 rings (SSSR count). The molecule has 1 N–H and O–H groups in total. The first-order chi connectivity index (χ1) is 4.15. The molecule has 0 saturated heterocycles. The molecule has 1 nitrogen and oxygen atoms in total. The van der Waals surface area contributed by atoms with Crippen LogP contribution >= 0.6 is 11.1 Å². The molecule has 0 aliphatic carbocycles. The molecule has 0 aromatic heterocycles. The number of rotatable bonds is 2. The smallest absolute Gasteiger partial charge is 0.210 e. The molecule has 0 aromatic rings. The lowest BCUT2D eigenvalue weighted by Gasteiger charge is -1.72. The van der Waals surface area contributed by atoms with Crippen LogP contribution in [0.1, 0.15) is 0 Å². The molecule has 0 heterocycles. The molecule has 0 amide bonds. The van der Waals surface area contributed by atoms with E-state index in [0.717, 1.165) is 0 Å². The number of aliphatic hydroxyl groups is 1. The van der Waals surface area contributed by atoms with Crippen molar-refractivity contribution in [1.29, 1.82) is 1.43 Å². The quantitative estimate of drug-likeness (QED) is 0.362. The van der Waals surface area contributed by atoms with Gasteiger partial charge in [0, 0.05) is 0 Å². The van der Waals surface area contributed by atoms with Gasteiger partial charge in [0.2, 0.25) is 1.43 Å². The van der Waals surface area contributed by atoms with E-state index >= 15 is 0 Å². The van der Waals surface area contributed by atoms with E-state index in [-0.39, 0.29) is 0 Å². The highest BCUT2D eigenvalue weighted by Crippen LogP contribution is 1.79. The number of halogens is 1. The monoisotopic (exact) mass is 154 g/mol. The lowest BCUT2D eigenvalue weighted by Crippen LogP contribution is -1.78. The summed E-state index contributed by atoms with van der Waals surface area (Å²) in [6, 6.07) is 0. The van der Waals surface area contributed by atoms with E-state index in [2.05, 4.69) is 24.8 Å². The molecule has 3 heteroatoms. The third kappa shape index (κ3) is 116. The maximum absolute atomic E-state index is 6.03. The molecular weight excluding hydrogens is 140 g/mol. The van der Waals surface area contributed by atoms with Crippen molar-refractivity contribution >= 4 is 19.2 Å². The van der Waals surface area contributed by atoms with E-state index in [9.17, 15) is 0 Å². The van der Waals surface area contributed by atoms with Gasteiger partial charge in [-0.2, -0.15) is 11.1 Å². The van der Waals surface area contributed by atoms with Gasteiger partial charge in [-0.25, -0.2) is 0 Å². The summed E-state index contributed by atoms with van der Waals surface area (Å²) in [6.45, 7) is 7.77. The van der Waals surface area contributed by atoms with Gasteiger partial charge in [-0.15, -0.1) is 6.58 Å². The topological polar surface area (TPSA) is 20.2 Å².